The summed E-state index contributed by atoms with van der Waals surface area (Å²) in [7, 11) is 0. The number of hydrogen-bond donors (Lipinski definition) is 3. The zero-order valence-corrected chi connectivity index (χ0v) is 18.9. The standard InChI is InChI=1S/3C6H8N2O2.Fe/c3*1-4-3-8(10)6(9)5(2)7-4;/h3*3,9H,1-2H3;. The van der Waals surface area contributed by atoms with Crippen LogP contribution >= 0.6 is 0 Å². The van der Waals surface area contributed by atoms with Crippen LogP contribution in [0.1, 0.15) is 34.2 Å². The van der Waals surface area contributed by atoms with Gasteiger partial charge in [0.15, 0.2) is 17.1 Å². The monoisotopic (exact) mass is 476 g/mol. The SMILES string of the molecule is Cc1c[n+]([O-])c(O)c(C)n1.Cc1c[n+]([O-])c(O)c(C)n1.Cc1c[n+]([O-])c(O)c(C)n1.[Fe]. The summed E-state index contributed by atoms with van der Waals surface area (Å²) in [4.78, 5) is 11.6. The summed E-state index contributed by atoms with van der Waals surface area (Å²) in [6.45, 7) is 9.83. The minimum absolute atomic E-state index is 0. The fraction of sp³-hybridized carbons (Fsp3) is 0.333. The van der Waals surface area contributed by atoms with E-state index in [0.717, 1.165) is 0 Å². The minimum atomic E-state index is -0.328. The van der Waals surface area contributed by atoms with Gasteiger partial charge in [0.25, 0.3) is 0 Å². The smallest absolute Gasteiger partial charge is 0.398 e. The van der Waals surface area contributed by atoms with Gasteiger partial charge in [0, 0.05) is 17.1 Å². The van der Waals surface area contributed by atoms with E-state index in [1.807, 2.05) is 0 Å². The summed E-state index contributed by atoms with van der Waals surface area (Å²) in [5.74, 6) is -0.984. The molecule has 0 unspecified atom stereocenters. The molecule has 13 heteroatoms. The minimum Gasteiger partial charge on any atom is -0.616 e. The molecule has 170 valence electrons. The second kappa shape index (κ2) is 11.7. The van der Waals surface area contributed by atoms with Crippen LogP contribution in [-0.4, -0.2) is 30.3 Å². The molecule has 0 aliphatic carbocycles. The van der Waals surface area contributed by atoms with Gasteiger partial charge in [-0.25, -0.2) is 15.0 Å². The van der Waals surface area contributed by atoms with Crippen LogP contribution in [0.15, 0.2) is 18.6 Å². The van der Waals surface area contributed by atoms with E-state index < -0.39 is 0 Å². The molecule has 0 fully saturated rings. The second-order valence-corrected chi connectivity index (χ2v) is 6.35. The molecule has 0 saturated heterocycles. The molecule has 0 radical (unpaired) electrons. The Hall–Kier alpha value is -3.44. The average Bonchev–Trinajstić information content (AvgIpc) is 2.63. The van der Waals surface area contributed by atoms with E-state index in [1.165, 1.54) is 18.6 Å². The van der Waals surface area contributed by atoms with Crippen molar-refractivity contribution in [2.45, 2.75) is 41.5 Å². The third-order valence-corrected chi connectivity index (χ3v) is 3.54. The van der Waals surface area contributed by atoms with Crippen LogP contribution in [0.5, 0.6) is 17.6 Å². The Bertz CT molecular complexity index is 849. The molecule has 12 nitrogen and oxygen atoms in total. The summed E-state index contributed by atoms with van der Waals surface area (Å²) in [6, 6.07) is 0. The molecule has 0 atom stereocenters. The van der Waals surface area contributed by atoms with Gasteiger partial charge in [0.05, 0.1) is 0 Å². The van der Waals surface area contributed by atoms with Crippen molar-refractivity contribution in [1.82, 2.24) is 15.0 Å². The number of aryl methyl sites for hydroxylation is 6. The number of aromatic nitrogens is 6. The van der Waals surface area contributed by atoms with E-state index in [-0.39, 0.29) is 34.7 Å². The maximum Gasteiger partial charge on any atom is 0.398 e. The predicted octanol–water partition coefficient (Wildman–Crippen LogP) is 0.110. The molecule has 0 spiro atoms. The van der Waals surface area contributed by atoms with Gasteiger partial charge in [0.2, 0.25) is 18.6 Å². The summed E-state index contributed by atoms with van der Waals surface area (Å²) in [6.07, 6.45) is 3.67. The topological polar surface area (TPSA) is 180 Å². The number of nitrogens with zero attached hydrogens (tertiary/aromatic N) is 6. The molecule has 0 amide bonds. The normalized spacial score (nSPS) is 9.48. The molecule has 0 aliphatic heterocycles. The van der Waals surface area contributed by atoms with E-state index in [9.17, 15) is 15.6 Å². The number of hydrogen-bond acceptors (Lipinski definition) is 9. The Kier molecular flexibility index (Phi) is 10.4. The molecule has 31 heavy (non-hydrogen) atoms. The van der Waals surface area contributed by atoms with Gasteiger partial charge in [-0.15, -0.1) is 14.2 Å². The summed E-state index contributed by atoms with van der Waals surface area (Å²) >= 11 is 0. The Morgan fingerprint density at radius 2 is 0.742 bits per heavy atom. The summed E-state index contributed by atoms with van der Waals surface area (Å²) in [5, 5.41) is 58.8. The van der Waals surface area contributed by atoms with Gasteiger partial charge in [0.1, 0.15) is 17.1 Å². The molecule has 3 aromatic rings. The molecule has 0 aliphatic rings. The molecule has 0 bridgehead atoms. The van der Waals surface area contributed by atoms with Crippen molar-refractivity contribution in [3.63, 3.8) is 0 Å². The molecule has 3 N–H and O–H groups in total. The van der Waals surface area contributed by atoms with Crippen molar-refractivity contribution in [3.05, 3.63) is 68.4 Å². The van der Waals surface area contributed by atoms with Crippen LogP contribution in [0, 0.1) is 57.2 Å². The Morgan fingerprint density at radius 1 is 0.548 bits per heavy atom. The molecular weight excluding hydrogens is 452 g/mol. The quantitative estimate of drug-likeness (QED) is 0.231. The van der Waals surface area contributed by atoms with Gasteiger partial charge in [-0.05, 0) is 41.5 Å². The Morgan fingerprint density at radius 3 is 0.903 bits per heavy atom. The number of rotatable bonds is 0. The van der Waals surface area contributed by atoms with Gasteiger partial charge >= 0.3 is 17.6 Å². The zero-order valence-electron chi connectivity index (χ0n) is 17.8. The molecule has 3 heterocycles. The molecule has 3 rings (SSSR count). The van der Waals surface area contributed by atoms with Crippen molar-refractivity contribution in [2.24, 2.45) is 0 Å². The van der Waals surface area contributed by atoms with Gasteiger partial charge in [-0.1, -0.05) is 0 Å². The fourth-order valence-electron chi connectivity index (χ4n) is 2.20. The van der Waals surface area contributed by atoms with E-state index in [0.29, 0.717) is 48.4 Å². The van der Waals surface area contributed by atoms with Crippen LogP contribution in [0.3, 0.4) is 0 Å². The predicted molar refractivity (Wildman–Crippen MR) is 103 cm³/mol. The van der Waals surface area contributed by atoms with Crippen LogP contribution in [0.4, 0.5) is 0 Å². The van der Waals surface area contributed by atoms with Gasteiger partial charge in [-0.3, -0.25) is 0 Å². The van der Waals surface area contributed by atoms with Crippen LogP contribution < -0.4 is 14.2 Å². The molecule has 3 aromatic heterocycles. The van der Waals surface area contributed by atoms with Crippen LogP contribution in [0.25, 0.3) is 0 Å². The number of aromatic hydroxyl groups is 3. The second-order valence-electron chi connectivity index (χ2n) is 6.35. The third-order valence-electron chi connectivity index (χ3n) is 3.54. The van der Waals surface area contributed by atoms with Crippen LogP contribution in [-0.2, 0) is 17.1 Å². The largest absolute Gasteiger partial charge is 0.616 e. The van der Waals surface area contributed by atoms with Gasteiger partial charge in [-0.2, -0.15) is 0 Å². The van der Waals surface area contributed by atoms with E-state index in [1.54, 1.807) is 41.5 Å². The average molecular weight is 476 g/mol. The van der Waals surface area contributed by atoms with Crippen LogP contribution in [0.2, 0.25) is 0 Å². The first-order valence-corrected chi connectivity index (χ1v) is 8.62. The van der Waals surface area contributed by atoms with Crippen molar-refractivity contribution < 1.29 is 46.6 Å². The summed E-state index contributed by atoms with van der Waals surface area (Å²) < 4.78 is 1.20. The molecular formula is C18H24FeN6O6. The zero-order chi connectivity index (χ0) is 23.2. The van der Waals surface area contributed by atoms with Crippen molar-refractivity contribution in [3.8, 4) is 17.6 Å². The van der Waals surface area contributed by atoms with Crippen molar-refractivity contribution in [2.75, 3.05) is 0 Å². The first-order chi connectivity index (χ1) is 13.8. The molecule has 0 saturated carbocycles. The van der Waals surface area contributed by atoms with Crippen molar-refractivity contribution >= 4 is 0 Å². The maximum absolute atomic E-state index is 10.7. The first-order valence-electron chi connectivity index (χ1n) is 8.62. The van der Waals surface area contributed by atoms with E-state index in [2.05, 4.69) is 15.0 Å². The third kappa shape index (κ3) is 8.07. The molecule has 0 aromatic carbocycles. The summed E-state index contributed by atoms with van der Waals surface area (Å²) in [5.41, 5.74) is 2.88. The Balaban J connectivity index is 0.000000429. The first kappa shape index (κ1) is 27.6. The maximum atomic E-state index is 10.7. The van der Waals surface area contributed by atoms with Crippen molar-refractivity contribution in [1.29, 1.82) is 0 Å². The van der Waals surface area contributed by atoms with Gasteiger partial charge < -0.3 is 30.9 Å². The van der Waals surface area contributed by atoms with E-state index >= 15 is 0 Å². The Labute approximate surface area is 189 Å². The van der Waals surface area contributed by atoms with E-state index in [4.69, 9.17) is 15.3 Å². The fourth-order valence-corrected chi connectivity index (χ4v) is 2.20.